The molecule has 1 heterocycles. The second kappa shape index (κ2) is 9.43. The Bertz CT molecular complexity index is 482. The van der Waals surface area contributed by atoms with Gasteiger partial charge in [-0.1, -0.05) is 18.2 Å². The Balaban J connectivity index is 0.00000242. The van der Waals surface area contributed by atoms with Crippen molar-refractivity contribution in [2.45, 2.75) is 19.3 Å². The molecule has 1 saturated heterocycles. The van der Waals surface area contributed by atoms with E-state index >= 15 is 0 Å². The van der Waals surface area contributed by atoms with Gasteiger partial charge in [-0.15, -0.1) is 12.4 Å². The topological polar surface area (TPSA) is 66.6 Å². The van der Waals surface area contributed by atoms with Gasteiger partial charge in [0.1, 0.15) is 0 Å². The molecule has 122 valence electrons. The van der Waals surface area contributed by atoms with Gasteiger partial charge in [-0.2, -0.15) is 0 Å². The van der Waals surface area contributed by atoms with Crippen LogP contribution in [0.5, 0.6) is 0 Å². The van der Waals surface area contributed by atoms with E-state index in [0.29, 0.717) is 38.2 Å². The predicted molar refractivity (Wildman–Crippen MR) is 89.1 cm³/mol. The first-order valence-electron chi connectivity index (χ1n) is 7.54. The van der Waals surface area contributed by atoms with Crippen molar-refractivity contribution in [2.24, 2.45) is 5.73 Å². The van der Waals surface area contributed by atoms with Crippen LogP contribution in [0.15, 0.2) is 30.3 Å². The van der Waals surface area contributed by atoms with E-state index in [9.17, 15) is 9.59 Å². The predicted octanol–water partition coefficient (Wildman–Crippen LogP) is 1.52. The molecule has 0 radical (unpaired) electrons. The van der Waals surface area contributed by atoms with Crippen LogP contribution in [0.3, 0.4) is 0 Å². The van der Waals surface area contributed by atoms with Gasteiger partial charge in [-0.25, -0.2) is 0 Å². The van der Waals surface area contributed by atoms with E-state index in [1.54, 1.807) is 0 Å². The lowest BCUT2D eigenvalue weighted by atomic mass is 10.2. The number of hydrogen-bond acceptors (Lipinski definition) is 3. The molecule has 0 atom stereocenters. The summed E-state index contributed by atoms with van der Waals surface area (Å²) in [7, 11) is 0. The summed E-state index contributed by atoms with van der Waals surface area (Å²) in [6.45, 7) is 3.18. The van der Waals surface area contributed by atoms with Crippen molar-refractivity contribution in [3.8, 4) is 0 Å². The maximum atomic E-state index is 12.4. The van der Waals surface area contributed by atoms with Crippen LogP contribution in [-0.4, -0.2) is 54.3 Å². The molecule has 5 nitrogen and oxygen atoms in total. The first kappa shape index (κ1) is 18.5. The van der Waals surface area contributed by atoms with Crippen LogP contribution < -0.4 is 5.73 Å². The van der Waals surface area contributed by atoms with Crippen molar-refractivity contribution < 1.29 is 9.59 Å². The van der Waals surface area contributed by atoms with E-state index < -0.39 is 0 Å². The summed E-state index contributed by atoms with van der Waals surface area (Å²) in [5, 5.41) is 0. The van der Waals surface area contributed by atoms with Gasteiger partial charge in [0.2, 0.25) is 5.91 Å². The largest absolute Gasteiger partial charge is 0.341 e. The molecule has 1 aromatic carbocycles. The van der Waals surface area contributed by atoms with E-state index in [2.05, 4.69) is 0 Å². The number of benzene rings is 1. The minimum atomic E-state index is 0. The van der Waals surface area contributed by atoms with Gasteiger partial charge < -0.3 is 15.5 Å². The standard InChI is InChI=1S/C16H23N3O2.ClH/c17-9-4-8-15(20)18-10-5-11-19(13-12-18)16(21)14-6-2-1-3-7-14;/h1-3,6-7H,4-5,8-13,17H2;1H. The highest BCUT2D eigenvalue weighted by Gasteiger charge is 2.22. The highest BCUT2D eigenvalue weighted by molar-refractivity contribution is 5.94. The molecule has 6 heteroatoms. The molecular formula is C16H24ClN3O2. The SMILES string of the molecule is Cl.NCCCC(=O)N1CCCN(C(=O)c2ccccc2)CC1. The van der Waals surface area contributed by atoms with Crippen LogP contribution in [0.25, 0.3) is 0 Å². The summed E-state index contributed by atoms with van der Waals surface area (Å²) in [4.78, 5) is 28.1. The Morgan fingerprint density at radius 3 is 2.32 bits per heavy atom. The van der Waals surface area contributed by atoms with Gasteiger partial charge >= 0.3 is 0 Å². The zero-order chi connectivity index (χ0) is 15.1. The molecule has 2 N–H and O–H groups in total. The fourth-order valence-corrected chi connectivity index (χ4v) is 2.54. The maximum absolute atomic E-state index is 12.4. The number of rotatable bonds is 4. The van der Waals surface area contributed by atoms with Crippen molar-refractivity contribution in [2.75, 3.05) is 32.7 Å². The molecule has 0 aromatic heterocycles. The fraction of sp³-hybridized carbons (Fsp3) is 0.500. The first-order chi connectivity index (χ1) is 10.2. The van der Waals surface area contributed by atoms with Crippen molar-refractivity contribution in [3.05, 3.63) is 35.9 Å². The lowest BCUT2D eigenvalue weighted by molar-refractivity contribution is -0.131. The van der Waals surface area contributed by atoms with E-state index in [4.69, 9.17) is 5.73 Å². The zero-order valence-electron chi connectivity index (χ0n) is 12.7. The van der Waals surface area contributed by atoms with E-state index in [0.717, 1.165) is 19.4 Å². The van der Waals surface area contributed by atoms with Gasteiger partial charge in [0.05, 0.1) is 0 Å². The third-order valence-corrected chi connectivity index (χ3v) is 3.75. The second-order valence-electron chi connectivity index (χ2n) is 5.28. The summed E-state index contributed by atoms with van der Waals surface area (Å²) in [6.07, 6.45) is 2.05. The molecule has 2 rings (SSSR count). The minimum absolute atomic E-state index is 0. The third-order valence-electron chi connectivity index (χ3n) is 3.75. The third kappa shape index (κ3) is 5.00. The molecule has 0 aliphatic carbocycles. The Labute approximate surface area is 137 Å². The van der Waals surface area contributed by atoms with Gasteiger partial charge in [-0.3, -0.25) is 9.59 Å². The maximum Gasteiger partial charge on any atom is 0.253 e. The van der Waals surface area contributed by atoms with Crippen molar-refractivity contribution >= 4 is 24.2 Å². The Kier molecular flexibility index (Phi) is 7.91. The van der Waals surface area contributed by atoms with E-state index in [-0.39, 0.29) is 24.2 Å². The van der Waals surface area contributed by atoms with Crippen LogP contribution in [0.2, 0.25) is 0 Å². The number of amides is 2. The van der Waals surface area contributed by atoms with Crippen LogP contribution >= 0.6 is 12.4 Å². The van der Waals surface area contributed by atoms with Crippen LogP contribution in [0, 0.1) is 0 Å². The number of nitrogens with two attached hydrogens (primary N) is 1. The Hall–Kier alpha value is -1.59. The van der Waals surface area contributed by atoms with Crippen molar-refractivity contribution in [3.63, 3.8) is 0 Å². The highest BCUT2D eigenvalue weighted by atomic mass is 35.5. The summed E-state index contributed by atoms with van der Waals surface area (Å²) < 4.78 is 0. The minimum Gasteiger partial charge on any atom is -0.341 e. The monoisotopic (exact) mass is 325 g/mol. The quantitative estimate of drug-likeness (QED) is 0.912. The van der Waals surface area contributed by atoms with Crippen LogP contribution in [0.4, 0.5) is 0 Å². The molecule has 0 bridgehead atoms. The summed E-state index contributed by atoms with van der Waals surface area (Å²) in [6, 6.07) is 9.30. The van der Waals surface area contributed by atoms with Gasteiger partial charge in [0, 0.05) is 38.2 Å². The van der Waals surface area contributed by atoms with E-state index in [1.165, 1.54) is 0 Å². The van der Waals surface area contributed by atoms with Gasteiger partial charge in [0.15, 0.2) is 0 Å². The lowest BCUT2D eigenvalue weighted by Crippen LogP contribution is -2.37. The Morgan fingerprint density at radius 2 is 1.64 bits per heavy atom. The average molecular weight is 326 g/mol. The van der Waals surface area contributed by atoms with E-state index in [1.807, 2.05) is 40.1 Å². The molecule has 1 aliphatic rings. The number of carbonyl (C=O) groups excluding carboxylic acids is 2. The smallest absolute Gasteiger partial charge is 0.253 e. The Morgan fingerprint density at radius 1 is 1.00 bits per heavy atom. The highest BCUT2D eigenvalue weighted by Crippen LogP contribution is 2.10. The lowest BCUT2D eigenvalue weighted by Gasteiger charge is -2.22. The summed E-state index contributed by atoms with van der Waals surface area (Å²) >= 11 is 0. The van der Waals surface area contributed by atoms with Gasteiger partial charge in [0.25, 0.3) is 5.91 Å². The fourth-order valence-electron chi connectivity index (χ4n) is 2.54. The molecule has 0 saturated carbocycles. The number of hydrogen-bond donors (Lipinski definition) is 1. The molecule has 0 unspecified atom stereocenters. The zero-order valence-corrected chi connectivity index (χ0v) is 13.6. The number of nitrogens with zero attached hydrogens (tertiary/aromatic N) is 2. The summed E-state index contributed by atoms with van der Waals surface area (Å²) in [5.74, 6) is 0.196. The number of halogens is 1. The molecule has 1 aliphatic heterocycles. The number of carbonyl (C=O) groups is 2. The van der Waals surface area contributed by atoms with Crippen molar-refractivity contribution in [1.29, 1.82) is 0 Å². The average Bonchev–Trinajstić information content (AvgIpc) is 2.79. The molecule has 1 aromatic rings. The molecule has 22 heavy (non-hydrogen) atoms. The van der Waals surface area contributed by atoms with Gasteiger partial charge in [-0.05, 0) is 31.5 Å². The van der Waals surface area contributed by atoms with Crippen LogP contribution in [0.1, 0.15) is 29.6 Å². The molecular weight excluding hydrogens is 302 g/mol. The van der Waals surface area contributed by atoms with Crippen molar-refractivity contribution in [1.82, 2.24) is 9.80 Å². The summed E-state index contributed by atoms with van der Waals surface area (Å²) in [5.41, 5.74) is 6.15. The second-order valence-corrected chi connectivity index (χ2v) is 5.28. The normalized spacial score (nSPS) is 15.0. The molecule has 0 spiro atoms. The molecule has 2 amide bonds. The molecule has 1 fully saturated rings. The first-order valence-corrected chi connectivity index (χ1v) is 7.54. The van der Waals surface area contributed by atoms with Crippen LogP contribution in [-0.2, 0) is 4.79 Å².